The van der Waals surface area contributed by atoms with Crippen molar-refractivity contribution in [2.24, 2.45) is 0 Å². The normalized spacial score (nSPS) is 10.2. The van der Waals surface area contributed by atoms with Gasteiger partial charge in [0, 0.05) is 6.61 Å². The van der Waals surface area contributed by atoms with Crippen LogP contribution in [0, 0.1) is 0 Å². The maximum absolute atomic E-state index is 7.57. The number of hydrogen-bond donors (Lipinski definition) is 2. The Morgan fingerprint density at radius 3 is 1.05 bits per heavy atom. The van der Waals surface area contributed by atoms with Gasteiger partial charge in [-0.15, -0.1) is 0 Å². The molecular weight excluding hydrogens is 264 g/mol. The van der Waals surface area contributed by atoms with E-state index in [4.69, 9.17) is 5.11 Å². The van der Waals surface area contributed by atoms with Crippen LogP contribution in [0.25, 0.3) is 0 Å². The molecule has 0 amide bonds. The average Bonchev–Trinajstić information content (AvgIpc) is 2.45. The van der Waals surface area contributed by atoms with Gasteiger partial charge in [0.2, 0.25) is 0 Å². The summed E-state index contributed by atoms with van der Waals surface area (Å²) in [5.74, 6) is 1.07. The number of aliphatic hydroxyl groups is 1. The van der Waals surface area contributed by atoms with Crippen LogP contribution in [-0.2, 0) is 0 Å². The minimum Gasteiger partial charge on any atom is -0.397 e. The zero-order valence-electron chi connectivity index (χ0n) is 14.2. The summed E-state index contributed by atoms with van der Waals surface area (Å²) >= 11 is 4.23. The van der Waals surface area contributed by atoms with E-state index in [1.54, 1.807) is 6.92 Å². The molecule has 0 aliphatic rings. The molecule has 0 saturated heterocycles. The molecule has 0 bridgehead atoms. The lowest BCUT2D eigenvalue weighted by Crippen LogP contribution is -1.83. The van der Waals surface area contributed by atoms with Crippen LogP contribution >= 0.6 is 12.6 Å². The number of aliphatic hydroxyl groups excluding tert-OH is 1. The molecule has 1 N–H and O–H groups in total. The van der Waals surface area contributed by atoms with Crippen LogP contribution < -0.4 is 0 Å². The number of rotatable bonds is 14. The molecule has 0 aliphatic carbocycles. The third-order valence-corrected chi connectivity index (χ3v) is 3.83. The summed E-state index contributed by atoms with van der Waals surface area (Å²) in [5, 5.41) is 7.57. The van der Waals surface area contributed by atoms with Gasteiger partial charge >= 0.3 is 0 Å². The number of thiol groups is 1. The molecule has 20 heavy (non-hydrogen) atoms. The molecule has 0 aromatic heterocycles. The molecule has 0 rings (SSSR count). The summed E-state index contributed by atoms with van der Waals surface area (Å²) in [6.45, 7) is 4.22. The van der Waals surface area contributed by atoms with Gasteiger partial charge in [0.1, 0.15) is 0 Å². The minimum absolute atomic E-state index is 0.250. The van der Waals surface area contributed by atoms with Crippen molar-refractivity contribution >= 4 is 12.6 Å². The minimum atomic E-state index is 0.250. The van der Waals surface area contributed by atoms with Crippen LogP contribution in [0.15, 0.2) is 0 Å². The van der Waals surface area contributed by atoms with Gasteiger partial charge in [-0.1, -0.05) is 90.4 Å². The highest BCUT2D eigenvalue weighted by molar-refractivity contribution is 7.80. The van der Waals surface area contributed by atoms with E-state index in [1.807, 2.05) is 0 Å². The van der Waals surface area contributed by atoms with E-state index in [0.29, 0.717) is 0 Å². The van der Waals surface area contributed by atoms with Crippen molar-refractivity contribution in [1.82, 2.24) is 0 Å². The van der Waals surface area contributed by atoms with E-state index >= 15 is 0 Å². The Balaban J connectivity index is 0. The Kier molecular flexibility index (Phi) is 27.5. The topological polar surface area (TPSA) is 20.2 Å². The van der Waals surface area contributed by atoms with Crippen molar-refractivity contribution in [2.45, 2.75) is 104 Å². The van der Waals surface area contributed by atoms with Gasteiger partial charge in [0.25, 0.3) is 0 Å². The molecule has 0 heterocycles. The second-order valence-electron chi connectivity index (χ2n) is 5.64. The van der Waals surface area contributed by atoms with Crippen LogP contribution in [0.5, 0.6) is 0 Å². The van der Waals surface area contributed by atoms with E-state index in [-0.39, 0.29) is 6.61 Å². The predicted octanol–water partition coefficient (Wildman–Crippen LogP) is 6.40. The highest BCUT2D eigenvalue weighted by Crippen LogP contribution is 2.12. The molecule has 0 atom stereocenters. The van der Waals surface area contributed by atoms with E-state index in [1.165, 1.54) is 89.9 Å². The average molecular weight is 305 g/mol. The monoisotopic (exact) mass is 304 g/mol. The summed E-state index contributed by atoms with van der Waals surface area (Å²) in [6, 6.07) is 0. The first-order chi connectivity index (χ1) is 9.83. The maximum atomic E-state index is 7.57. The van der Waals surface area contributed by atoms with E-state index in [2.05, 4.69) is 19.6 Å². The van der Waals surface area contributed by atoms with Crippen LogP contribution in [0.4, 0.5) is 0 Å². The molecule has 0 aromatic carbocycles. The fraction of sp³-hybridized carbons (Fsp3) is 1.00. The van der Waals surface area contributed by atoms with Crippen LogP contribution in [0.2, 0.25) is 0 Å². The van der Waals surface area contributed by atoms with Crippen molar-refractivity contribution in [2.75, 3.05) is 12.4 Å². The van der Waals surface area contributed by atoms with Gasteiger partial charge in [-0.2, -0.15) is 12.6 Å². The maximum Gasteiger partial charge on any atom is 0.0402 e. The molecule has 0 saturated carbocycles. The number of hydrogen-bond acceptors (Lipinski definition) is 2. The third kappa shape index (κ3) is 26.8. The van der Waals surface area contributed by atoms with Crippen LogP contribution in [0.1, 0.15) is 104 Å². The standard InChI is InChI=1S/C16H34S.C2H6O/c1-2-3-4-5-6-7-8-9-10-11-12-13-14-15-16-17;1-2-3/h17H,2-16H2,1H3;3H,2H2,1H3. The third-order valence-electron chi connectivity index (χ3n) is 3.51. The summed E-state index contributed by atoms with van der Waals surface area (Å²) in [7, 11) is 0. The smallest absolute Gasteiger partial charge is 0.0402 e. The lowest BCUT2D eigenvalue weighted by atomic mass is 10.0. The molecule has 124 valence electrons. The van der Waals surface area contributed by atoms with Gasteiger partial charge in [0.15, 0.2) is 0 Å². The van der Waals surface area contributed by atoms with Crippen molar-refractivity contribution < 1.29 is 5.11 Å². The van der Waals surface area contributed by atoms with Gasteiger partial charge in [0.05, 0.1) is 0 Å². The van der Waals surface area contributed by atoms with Gasteiger partial charge in [-0.3, -0.25) is 0 Å². The molecule has 1 nitrogen and oxygen atoms in total. The van der Waals surface area contributed by atoms with E-state index < -0.39 is 0 Å². The Morgan fingerprint density at radius 1 is 0.550 bits per heavy atom. The quantitative estimate of drug-likeness (QED) is 0.281. The first kappa shape index (κ1) is 22.6. The summed E-state index contributed by atoms with van der Waals surface area (Å²) in [6.07, 6.45) is 20.1. The van der Waals surface area contributed by atoms with Crippen LogP contribution in [-0.4, -0.2) is 17.5 Å². The Labute approximate surface area is 134 Å². The number of unbranched alkanes of at least 4 members (excludes halogenated alkanes) is 13. The molecule has 0 radical (unpaired) electrons. The zero-order chi connectivity index (χ0) is 15.3. The van der Waals surface area contributed by atoms with E-state index in [9.17, 15) is 0 Å². The highest BCUT2D eigenvalue weighted by Gasteiger charge is 1.93. The van der Waals surface area contributed by atoms with Crippen molar-refractivity contribution in [1.29, 1.82) is 0 Å². The summed E-state index contributed by atoms with van der Waals surface area (Å²) in [5.41, 5.74) is 0. The Bertz CT molecular complexity index is 125. The van der Waals surface area contributed by atoms with E-state index in [0.717, 1.165) is 5.75 Å². The molecule has 0 fully saturated rings. The van der Waals surface area contributed by atoms with Gasteiger partial charge in [-0.25, -0.2) is 0 Å². The van der Waals surface area contributed by atoms with Crippen LogP contribution in [0.3, 0.4) is 0 Å². The zero-order valence-corrected chi connectivity index (χ0v) is 15.1. The van der Waals surface area contributed by atoms with Gasteiger partial charge < -0.3 is 5.11 Å². The second-order valence-corrected chi connectivity index (χ2v) is 6.08. The summed E-state index contributed by atoms with van der Waals surface area (Å²) < 4.78 is 0. The molecule has 0 aromatic rings. The highest BCUT2D eigenvalue weighted by atomic mass is 32.1. The molecule has 0 aliphatic heterocycles. The SMILES string of the molecule is CCCCCCCCCCCCCCCCS.CCO. The first-order valence-corrected chi connectivity index (χ1v) is 9.68. The lowest BCUT2D eigenvalue weighted by molar-refractivity contribution is 0.318. The fourth-order valence-electron chi connectivity index (χ4n) is 2.31. The molecule has 2 heteroatoms. The molecule has 0 unspecified atom stereocenters. The fourth-order valence-corrected chi connectivity index (χ4v) is 2.53. The summed E-state index contributed by atoms with van der Waals surface area (Å²) in [4.78, 5) is 0. The first-order valence-electron chi connectivity index (χ1n) is 9.05. The van der Waals surface area contributed by atoms with Crippen molar-refractivity contribution in [3.05, 3.63) is 0 Å². The Morgan fingerprint density at radius 2 is 0.800 bits per heavy atom. The van der Waals surface area contributed by atoms with Crippen molar-refractivity contribution in [3.63, 3.8) is 0 Å². The Hall–Kier alpha value is 0.310. The molecular formula is C18H40OS. The van der Waals surface area contributed by atoms with Gasteiger partial charge in [-0.05, 0) is 19.1 Å². The molecule has 0 spiro atoms. The predicted molar refractivity (Wildman–Crippen MR) is 96.9 cm³/mol. The van der Waals surface area contributed by atoms with Crippen molar-refractivity contribution in [3.8, 4) is 0 Å². The second kappa shape index (κ2) is 24.3. The largest absolute Gasteiger partial charge is 0.397 e. The lowest BCUT2D eigenvalue weighted by Gasteiger charge is -2.02.